The molecule has 1 heterocycles. The number of amides is 3. The SMILES string of the molecule is Cc1ccc(C)c(N2C(=O)c3ccc(C(=O)OC(C)C(=O)N(C)Cc4ccccc4)cc3C2=O)c1. The van der Waals surface area contributed by atoms with Gasteiger partial charge in [0, 0.05) is 13.6 Å². The molecule has 0 spiro atoms. The highest BCUT2D eigenvalue weighted by molar-refractivity contribution is 6.35. The molecule has 1 aliphatic heterocycles. The van der Waals surface area contributed by atoms with Gasteiger partial charge in [-0.15, -0.1) is 0 Å². The summed E-state index contributed by atoms with van der Waals surface area (Å²) in [6.07, 6.45) is -1.02. The number of hydrogen-bond acceptors (Lipinski definition) is 5. The van der Waals surface area contributed by atoms with E-state index < -0.39 is 23.9 Å². The Hall–Kier alpha value is -4.26. The lowest BCUT2D eigenvalue weighted by Gasteiger charge is -2.21. The summed E-state index contributed by atoms with van der Waals surface area (Å²) < 4.78 is 5.39. The van der Waals surface area contributed by atoms with Crippen molar-refractivity contribution in [2.45, 2.75) is 33.4 Å². The highest BCUT2D eigenvalue weighted by atomic mass is 16.5. The van der Waals surface area contributed by atoms with Gasteiger partial charge in [0.15, 0.2) is 6.10 Å². The zero-order chi connectivity index (χ0) is 25.3. The smallest absolute Gasteiger partial charge is 0.338 e. The van der Waals surface area contributed by atoms with Crippen molar-refractivity contribution in [2.75, 3.05) is 11.9 Å². The fraction of sp³-hybridized carbons (Fsp3) is 0.214. The quantitative estimate of drug-likeness (QED) is 0.396. The van der Waals surface area contributed by atoms with Crippen LogP contribution in [0.4, 0.5) is 5.69 Å². The largest absolute Gasteiger partial charge is 0.449 e. The van der Waals surface area contributed by atoms with Crippen LogP contribution in [-0.4, -0.2) is 41.7 Å². The fourth-order valence-corrected chi connectivity index (χ4v) is 4.07. The first kappa shape index (κ1) is 23.9. The van der Waals surface area contributed by atoms with Crippen LogP contribution in [0.3, 0.4) is 0 Å². The van der Waals surface area contributed by atoms with Crippen LogP contribution in [0.2, 0.25) is 0 Å². The summed E-state index contributed by atoms with van der Waals surface area (Å²) in [6, 6.07) is 19.3. The highest BCUT2D eigenvalue weighted by Gasteiger charge is 2.38. The number of ether oxygens (including phenoxy) is 1. The van der Waals surface area contributed by atoms with Crippen LogP contribution in [-0.2, 0) is 16.1 Å². The van der Waals surface area contributed by atoms with Crippen molar-refractivity contribution < 1.29 is 23.9 Å². The normalized spacial score (nSPS) is 13.4. The van der Waals surface area contributed by atoms with Crippen molar-refractivity contribution >= 4 is 29.4 Å². The number of esters is 1. The van der Waals surface area contributed by atoms with Crippen LogP contribution in [0.5, 0.6) is 0 Å². The number of carbonyl (C=O) groups excluding carboxylic acids is 4. The van der Waals surface area contributed by atoms with Crippen LogP contribution in [0.15, 0.2) is 66.7 Å². The molecule has 0 aromatic heterocycles. The van der Waals surface area contributed by atoms with Crippen LogP contribution >= 0.6 is 0 Å². The summed E-state index contributed by atoms with van der Waals surface area (Å²) in [5, 5.41) is 0. The van der Waals surface area contributed by atoms with E-state index in [4.69, 9.17) is 4.74 Å². The van der Waals surface area contributed by atoms with E-state index in [1.807, 2.05) is 56.3 Å². The summed E-state index contributed by atoms with van der Waals surface area (Å²) in [7, 11) is 1.64. The Labute approximate surface area is 203 Å². The van der Waals surface area contributed by atoms with Crippen molar-refractivity contribution in [3.63, 3.8) is 0 Å². The van der Waals surface area contributed by atoms with E-state index in [9.17, 15) is 19.2 Å². The summed E-state index contributed by atoms with van der Waals surface area (Å²) in [4.78, 5) is 54.2. The molecule has 3 aromatic carbocycles. The van der Waals surface area contributed by atoms with E-state index in [0.717, 1.165) is 21.6 Å². The second-order valence-electron chi connectivity index (χ2n) is 8.72. The molecule has 0 saturated heterocycles. The molecular formula is C28H26N2O5. The molecule has 3 aromatic rings. The highest BCUT2D eigenvalue weighted by Crippen LogP contribution is 2.32. The molecule has 0 aliphatic carbocycles. The van der Waals surface area contributed by atoms with Gasteiger partial charge in [0.05, 0.1) is 22.4 Å². The van der Waals surface area contributed by atoms with Crippen molar-refractivity contribution in [2.24, 2.45) is 0 Å². The van der Waals surface area contributed by atoms with E-state index in [1.165, 1.54) is 30.0 Å². The molecule has 1 unspecified atom stereocenters. The predicted octanol–water partition coefficient (Wildman–Crippen LogP) is 4.31. The Morgan fingerprint density at radius 1 is 0.914 bits per heavy atom. The van der Waals surface area contributed by atoms with Gasteiger partial charge in [-0.05, 0) is 61.7 Å². The van der Waals surface area contributed by atoms with Crippen molar-refractivity contribution in [1.29, 1.82) is 0 Å². The maximum absolute atomic E-state index is 13.1. The predicted molar refractivity (Wildman–Crippen MR) is 131 cm³/mol. The Kier molecular flexibility index (Phi) is 6.51. The summed E-state index contributed by atoms with van der Waals surface area (Å²) in [6.45, 7) is 5.60. The molecular weight excluding hydrogens is 444 g/mol. The first-order valence-electron chi connectivity index (χ1n) is 11.3. The van der Waals surface area contributed by atoms with Crippen molar-refractivity contribution in [1.82, 2.24) is 4.90 Å². The van der Waals surface area contributed by atoms with Crippen molar-refractivity contribution in [3.8, 4) is 0 Å². The third kappa shape index (κ3) is 4.71. The van der Waals surface area contributed by atoms with Gasteiger partial charge in [0.25, 0.3) is 17.7 Å². The number of anilines is 1. The lowest BCUT2D eigenvalue weighted by Crippen LogP contribution is -2.37. The maximum atomic E-state index is 13.1. The Balaban J connectivity index is 1.49. The fourth-order valence-electron chi connectivity index (χ4n) is 4.07. The van der Waals surface area contributed by atoms with Crippen LogP contribution in [0.25, 0.3) is 0 Å². The van der Waals surface area contributed by atoms with Gasteiger partial charge < -0.3 is 9.64 Å². The van der Waals surface area contributed by atoms with Gasteiger partial charge in [0.1, 0.15) is 0 Å². The molecule has 1 atom stereocenters. The topological polar surface area (TPSA) is 84.0 Å². The molecule has 7 nitrogen and oxygen atoms in total. The molecule has 35 heavy (non-hydrogen) atoms. The third-order valence-corrected chi connectivity index (χ3v) is 6.00. The number of imide groups is 1. The zero-order valence-corrected chi connectivity index (χ0v) is 20.1. The number of hydrogen-bond donors (Lipinski definition) is 0. The van der Waals surface area contributed by atoms with E-state index in [0.29, 0.717) is 12.2 Å². The van der Waals surface area contributed by atoms with Crippen LogP contribution in [0.1, 0.15) is 54.7 Å². The number of fused-ring (bicyclic) bond motifs is 1. The first-order chi connectivity index (χ1) is 16.7. The molecule has 0 N–H and O–H groups in total. The standard InChI is InChI=1S/C28H26N2O5/c1-17-10-11-18(2)24(14-17)30-26(32)22-13-12-21(15-23(22)27(30)33)28(34)35-19(3)25(31)29(4)16-20-8-6-5-7-9-20/h5-15,19H,16H2,1-4H3. The van der Waals surface area contributed by atoms with E-state index in [2.05, 4.69) is 0 Å². The lowest BCUT2D eigenvalue weighted by molar-refractivity contribution is -0.139. The monoisotopic (exact) mass is 470 g/mol. The van der Waals surface area contributed by atoms with Gasteiger partial charge in [-0.3, -0.25) is 14.4 Å². The van der Waals surface area contributed by atoms with Gasteiger partial charge in [-0.1, -0.05) is 42.5 Å². The molecule has 4 rings (SSSR count). The van der Waals surface area contributed by atoms with E-state index >= 15 is 0 Å². The first-order valence-corrected chi connectivity index (χ1v) is 11.3. The van der Waals surface area contributed by atoms with E-state index in [-0.39, 0.29) is 22.6 Å². The van der Waals surface area contributed by atoms with Crippen LogP contribution in [0, 0.1) is 13.8 Å². The number of rotatable bonds is 6. The average molecular weight is 471 g/mol. The Bertz CT molecular complexity index is 1330. The summed E-state index contributed by atoms with van der Waals surface area (Å²) in [5.74, 6) is -2.03. The van der Waals surface area contributed by atoms with Crippen LogP contribution < -0.4 is 4.90 Å². The Morgan fingerprint density at radius 2 is 1.60 bits per heavy atom. The maximum Gasteiger partial charge on any atom is 0.338 e. The minimum absolute atomic E-state index is 0.0954. The summed E-state index contributed by atoms with van der Waals surface area (Å²) in [5.41, 5.74) is 3.62. The van der Waals surface area contributed by atoms with Gasteiger partial charge in [-0.25, -0.2) is 9.69 Å². The van der Waals surface area contributed by atoms with Gasteiger partial charge in [-0.2, -0.15) is 0 Å². The number of benzene rings is 3. The lowest BCUT2D eigenvalue weighted by atomic mass is 10.1. The second-order valence-corrected chi connectivity index (χ2v) is 8.72. The number of nitrogens with zero attached hydrogens (tertiary/aromatic N) is 2. The average Bonchev–Trinajstić information content (AvgIpc) is 3.09. The van der Waals surface area contributed by atoms with E-state index in [1.54, 1.807) is 13.1 Å². The third-order valence-electron chi connectivity index (χ3n) is 6.00. The minimum Gasteiger partial charge on any atom is -0.449 e. The minimum atomic E-state index is -1.02. The molecule has 1 aliphatic rings. The number of likely N-dealkylation sites (N-methyl/N-ethyl adjacent to an activating group) is 1. The zero-order valence-electron chi connectivity index (χ0n) is 20.1. The molecule has 0 saturated carbocycles. The molecule has 0 radical (unpaired) electrons. The number of aryl methyl sites for hydroxylation is 2. The number of carbonyl (C=O) groups is 4. The second kappa shape index (κ2) is 9.54. The molecule has 178 valence electrons. The molecule has 0 fully saturated rings. The van der Waals surface area contributed by atoms with Crippen molar-refractivity contribution in [3.05, 3.63) is 100 Å². The summed E-state index contributed by atoms with van der Waals surface area (Å²) >= 11 is 0. The molecule has 3 amide bonds. The van der Waals surface area contributed by atoms with Gasteiger partial charge in [0.2, 0.25) is 0 Å². The van der Waals surface area contributed by atoms with Gasteiger partial charge >= 0.3 is 5.97 Å². The molecule has 7 heteroatoms. The molecule has 0 bridgehead atoms. The Morgan fingerprint density at radius 3 is 2.31 bits per heavy atom.